The summed E-state index contributed by atoms with van der Waals surface area (Å²) in [4.78, 5) is 16.0. The molecule has 1 aromatic heterocycles. The molecule has 0 aliphatic heterocycles. The molecule has 3 N–H and O–H groups in total. The Labute approximate surface area is 114 Å². The van der Waals surface area contributed by atoms with Crippen molar-refractivity contribution in [2.45, 2.75) is 6.42 Å². The minimum Gasteiger partial charge on any atom is -0.399 e. The number of hydrogen-bond donors (Lipinski definition) is 2. The number of benzene rings is 1. The first-order valence-corrected chi connectivity index (χ1v) is 6.64. The molecule has 1 heterocycles. The lowest BCUT2D eigenvalue weighted by molar-refractivity contribution is 0.0954. The predicted molar refractivity (Wildman–Crippen MR) is 74.0 cm³/mol. The molecule has 2 rings (SSSR count). The molecule has 6 heteroatoms. The van der Waals surface area contributed by atoms with Gasteiger partial charge in [0.2, 0.25) is 0 Å². The average molecular weight is 282 g/mol. The largest absolute Gasteiger partial charge is 0.399 e. The zero-order chi connectivity index (χ0) is 13.0. The molecule has 0 saturated carbocycles. The van der Waals surface area contributed by atoms with Crippen LogP contribution in [0.5, 0.6) is 0 Å². The van der Waals surface area contributed by atoms with Crippen LogP contribution >= 0.6 is 22.9 Å². The van der Waals surface area contributed by atoms with Gasteiger partial charge in [0.05, 0.1) is 15.6 Å². The minimum absolute atomic E-state index is 0.219. The fourth-order valence-corrected chi connectivity index (χ4v) is 2.30. The molecule has 1 amide bonds. The van der Waals surface area contributed by atoms with Crippen molar-refractivity contribution in [2.75, 3.05) is 12.3 Å². The summed E-state index contributed by atoms with van der Waals surface area (Å²) >= 11 is 7.51. The number of anilines is 1. The van der Waals surface area contributed by atoms with E-state index in [0.29, 0.717) is 29.2 Å². The van der Waals surface area contributed by atoms with Gasteiger partial charge in [-0.1, -0.05) is 11.6 Å². The fraction of sp³-hybridized carbons (Fsp3) is 0.167. The lowest BCUT2D eigenvalue weighted by Crippen LogP contribution is -2.26. The van der Waals surface area contributed by atoms with Gasteiger partial charge in [-0.3, -0.25) is 4.79 Å². The Morgan fingerprint density at radius 1 is 1.50 bits per heavy atom. The second-order valence-corrected chi connectivity index (χ2v) is 5.06. The summed E-state index contributed by atoms with van der Waals surface area (Å²) in [6.45, 7) is 0.525. The Balaban J connectivity index is 1.93. The van der Waals surface area contributed by atoms with Gasteiger partial charge < -0.3 is 11.1 Å². The van der Waals surface area contributed by atoms with Crippen LogP contribution in [0.3, 0.4) is 0 Å². The average Bonchev–Trinajstić information content (AvgIpc) is 2.85. The molecule has 0 spiro atoms. The van der Waals surface area contributed by atoms with Gasteiger partial charge >= 0.3 is 0 Å². The first-order valence-electron chi connectivity index (χ1n) is 5.38. The Morgan fingerprint density at radius 3 is 3.06 bits per heavy atom. The maximum Gasteiger partial charge on any atom is 0.252 e. The van der Waals surface area contributed by atoms with E-state index in [4.69, 9.17) is 17.3 Å². The molecular formula is C12H12ClN3OS. The fourth-order valence-electron chi connectivity index (χ4n) is 1.47. The summed E-state index contributed by atoms with van der Waals surface area (Å²) in [5.74, 6) is -0.219. The quantitative estimate of drug-likeness (QED) is 0.846. The number of amides is 1. The number of rotatable bonds is 4. The van der Waals surface area contributed by atoms with Gasteiger partial charge in [0.1, 0.15) is 0 Å². The van der Waals surface area contributed by atoms with E-state index in [1.165, 1.54) is 0 Å². The Kier molecular flexibility index (Phi) is 4.17. The van der Waals surface area contributed by atoms with Crippen molar-refractivity contribution in [3.8, 4) is 0 Å². The standard InChI is InChI=1S/C12H12ClN3OS/c13-10-2-1-8(14)7-9(10)12(17)16-4-3-11-15-5-6-18-11/h1-2,5-7H,3-4,14H2,(H,16,17). The number of thiazole rings is 1. The highest BCUT2D eigenvalue weighted by Gasteiger charge is 2.10. The van der Waals surface area contributed by atoms with E-state index >= 15 is 0 Å². The molecule has 0 radical (unpaired) electrons. The highest BCUT2D eigenvalue weighted by Crippen LogP contribution is 2.18. The molecule has 18 heavy (non-hydrogen) atoms. The van der Waals surface area contributed by atoms with E-state index in [2.05, 4.69) is 10.3 Å². The Hall–Kier alpha value is -1.59. The van der Waals surface area contributed by atoms with Crippen LogP contribution < -0.4 is 11.1 Å². The van der Waals surface area contributed by atoms with Crippen molar-refractivity contribution in [2.24, 2.45) is 0 Å². The maximum atomic E-state index is 11.9. The highest BCUT2D eigenvalue weighted by molar-refractivity contribution is 7.09. The van der Waals surface area contributed by atoms with Crippen LogP contribution in [0.2, 0.25) is 5.02 Å². The van der Waals surface area contributed by atoms with Gasteiger partial charge in [-0.15, -0.1) is 11.3 Å². The first kappa shape index (κ1) is 12.9. The van der Waals surface area contributed by atoms with Crippen LogP contribution in [0.15, 0.2) is 29.8 Å². The summed E-state index contributed by atoms with van der Waals surface area (Å²) in [7, 11) is 0. The van der Waals surface area contributed by atoms with Crippen molar-refractivity contribution >= 4 is 34.5 Å². The van der Waals surface area contributed by atoms with Gasteiger partial charge in [-0.2, -0.15) is 0 Å². The number of halogens is 1. The first-order chi connectivity index (χ1) is 8.66. The number of hydrogen-bond acceptors (Lipinski definition) is 4. The van der Waals surface area contributed by atoms with Crippen molar-refractivity contribution in [3.63, 3.8) is 0 Å². The van der Waals surface area contributed by atoms with Crippen molar-refractivity contribution in [1.29, 1.82) is 0 Å². The van der Waals surface area contributed by atoms with Crippen molar-refractivity contribution < 1.29 is 4.79 Å². The number of carbonyl (C=O) groups is 1. The van der Waals surface area contributed by atoms with Crippen LogP contribution in [0, 0.1) is 0 Å². The van der Waals surface area contributed by atoms with Crippen LogP contribution in [0.1, 0.15) is 15.4 Å². The number of nitrogen functional groups attached to an aromatic ring is 1. The molecule has 4 nitrogen and oxygen atoms in total. The second-order valence-electron chi connectivity index (χ2n) is 3.67. The van der Waals surface area contributed by atoms with Crippen LogP contribution in [-0.4, -0.2) is 17.4 Å². The molecule has 0 saturated heterocycles. The predicted octanol–water partition coefficient (Wildman–Crippen LogP) is 2.35. The summed E-state index contributed by atoms with van der Waals surface area (Å²) in [5.41, 5.74) is 6.54. The summed E-state index contributed by atoms with van der Waals surface area (Å²) in [6.07, 6.45) is 2.46. The normalized spacial score (nSPS) is 10.3. The number of nitrogens with zero attached hydrogens (tertiary/aromatic N) is 1. The molecule has 2 aromatic rings. The molecule has 0 unspecified atom stereocenters. The molecule has 0 bridgehead atoms. The monoisotopic (exact) mass is 281 g/mol. The van der Waals surface area contributed by atoms with Gasteiger partial charge in [0.25, 0.3) is 5.91 Å². The maximum absolute atomic E-state index is 11.9. The van der Waals surface area contributed by atoms with E-state index in [0.717, 1.165) is 5.01 Å². The second kappa shape index (κ2) is 5.84. The van der Waals surface area contributed by atoms with E-state index in [9.17, 15) is 4.79 Å². The molecule has 1 aromatic carbocycles. The number of aromatic nitrogens is 1. The molecule has 0 aliphatic carbocycles. The minimum atomic E-state index is -0.219. The van der Waals surface area contributed by atoms with E-state index < -0.39 is 0 Å². The van der Waals surface area contributed by atoms with E-state index in [1.807, 2.05) is 5.38 Å². The van der Waals surface area contributed by atoms with Crippen LogP contribution in [-0.2, 0) is 6.42 Å². The van der Waals surface area contributed by atoms with E-state index in [-0.39, 0.29) is 5.91 Å². The number of nitrogens with one attached hydrogen (secondary N) is 1. The van der Waals surface area contributed by atoms with E-state index in [1.54, 1.807) is 35.7 Å². The summed E-state index contributed by atoms with van der Waals surface area (Å²) in [5, 5.41) is 6.10. The third-order valence-corrected chi connectivity index (χ3v) is 3.51. The van der Waals surface area contributed by atoms with Gasteiger partial charge in [0, 0.05) is 30.2 Å². The molecule has 94 valence electrons. The molecular weight excluding hydrogens is 270 g/mol. The molecule has 0 fully saturated rings. The SMILES string of the molecule is Nc1ccc(Cl)c(C(=O)NCCc2nccs2)c1. The van der Waals surface area contributed by atoms with Crippen molar-refractivity contribution in [1.82, 2.24) is 10.3 Å². The summed E-state index contributed by atoms with van der Waals surface area (Å²) < 4.78 is 0. The topological polar surface area (TPSA) is 68.0 Å². The van der Waals surface area contributed by atoms with Crippen LogP contribution in [0.25, 0.3) is 0 Å². The number of carbonyl (C=O) groups excluding carboxylic acids is 1. The summed E-state index contributed by atoms with van der Waals surface area (Å²) in [6, 6.07) is 4.85. The zero-order valence-electron chi connectivity index (χ0n) is 9.52. The third kappa shape index (κ3) is 3.21. The van der Waals surface area contributed by atoms with Crippen molar-refractivity contribution in [3.05, 3.63) is 45.4 Å². The number of nitrogens with two attached hydrogens (primary N) is 1. The van der Waals surface area contributed by atoms with Crippen LogP contribution in [0.4, 0.5) is 5.69 Å². The molecule has 0 aliphatic rings. The Bertz CT molecular complexity index is 542. The zero-order valence-corrected chi connectivity index (χ0v) is 11.1. The van der Waals surface area contributed by atoms with Gasteiger partial charge in [-0.25, -0.2) is 4.98 Å². The third-order valence-electron chi connectivity index (χ3n) is 2.34. The van der Waals surface area contributed by atoms with Gasteiger partial charge in [0.15, 0.2) is 0 Å². The smallest absolute Gasteiger partial charge is 0.252 e. The lowest BCUT2D eigenvalue weighted by atomic mass is 10.2. The highest BCUT2D eigenvalue weighted by atomic mass is 35.5. The lowest BCUT2D eigenvalue weighted by Gasteiger charge is -2.06. The molecule has 0 atom stereocenters. The Morgan fingerprint density at radius 2 is 2.33 bits per heavy atom. The van der Waals surface area contributed by atoms with Gasteiger partial charge in [-0.05, 0) is 18.2 Å².